The van der Waals surface area contributed by atoms with E-state index in [1.165, 1.54) is 0 Å². The van der Waals surface area contributed by atoms with Gasteiger partial charge in [0.15, 0.2) is 0 Å². The third kappa shape index (κ3) is 4.27. The van der Waals surface area contributed by atoms with Crippen LogP contribution in [0.5, 0.6) is 0 Å². The Balaban J connectivity index is 2.27. The SMILES string of the molecule is COC1(C(=O)NCCOCC(=O)O)CCCCC1. The maximum absolute atomic E-state index is 12.0. The number of carbonyl (C=O) groups is 2. The van der Waals surface area contributed by atoms with E-state index in [1.54, 1.807) is 7.11 Å². The van der Waals surface area contributed by atoms with Crippen molar-refractivity contribution in [2.75, 3.05) is 26.9 Å². The summed E-state index contributed by atoms with van der Waals surface area (Å²) < 4.78 is 10.2. The summed E-state index contributed by atoms with van der Waals surface area (Å²) >= 11 is 0. The first kappa shape index (κ1) is 14.9. The van der Waals surface area contributed by atoms with Crippen LogP contribution < -0.4 is 5.32 Å². The molecule has 0 aromatic heterocycles. The van der Waals surface area contributed by atoms with Crippen molar-refractivity contribution >= 4 is 11.9 Å². The molecular formula is C12H21NO5. The van der Waals surface area contributed by atoms with Crippen molar-refractivity contribution in [1.29, 1.82) is 0 Å². The average Bonchev–Trinajstić information content (AvgIpc) is 2.38. The maximum atomic E-state index is 12.0. The average molecular weight is 259 g/mol. The van der Waals surface area contributed by atoms with E-state index in [0.717, 1.165) is 32.1 Å². The standard InChI is InChI=1S/C12H21NO5/c1-17-12(5-3-2-4-6-12)11(16)13-7-8-18-9-10(14)15/h2-9H2,1H3,(H,13,16)(H,14,15). The van der Waals surface area contributed by atoms with E-state index in [2.05, 4.69) is 5.32 Å². The van der Waals surface area contributed by atoms with E-state index in [1.807, 2.05) is 0 Å². The second-order valence-corrected chi connectivity index (χ2v) is 4.46. The number of rotatable bonds is 7. The van der Waals surface area contributed by atoms with Gasteiger partial charge in [0.1, 0.15) is 12.2 Å². The minimum Gasteiger partial charge on any atom is -0.480 e. The van der Waals surface area contributed by atoms with E-state index >= 15 is 0 Å². The number of hydrogen-bond donors (Lipinski definition) is 2. The van der Waals surface area contributed by atoms with E-state index < -0.39 is 11.6 Å². The predicted octanol–water partition coefficient (Wildman–Crippen LogP) is 0.553. The molecule has 0 spiro atoms. The van der Waals surface area contributed by atoms with Gasteiger partial charge in [-0.2, -0.15) is 0 Å². The molecule has 1 fully saturated rings. The van der Waals surface area contributed by atoms with Crippen molar-refractivity contribution < 1.29 is 24.2 Å². The molecule has 0 aromatic carbocycles. The topological polar surface area (TPSA) is 84.9 Å². The van der Waals surface area contributed by atoms with Gasteiger partial charge in [0.05, 0.1) is 6.61 Å². The fourth-order valence-electron chi connectivity index (χ4n) is 2.20. The molecule has 0 unspecified atom stereocenters. The molecule has 6 heteroatoms. The van der Waals surface area contributed by atoms with Crippen molar-refractivity contribution in [2.45, 2.75) is 37.7 Å². The largest absolute Gasteiger partial charge is 0.480 e. The number of carboxylic acid groups (broad SMARTS) is 1. The molecule has 0 radical (unpaired) electrons. The van der Waals surface area contributed by atoms with Gasteiger partial charge >= 0.3 is 5.97 Å². The first-order valence-electron chi connectivity index (χ1n) is 6.24. The Bertz CT molecular complexity index is 286. The minimum atomic E-state index is -1.01. The quantitative estimate of drug-likeness (QED) is 0.652. The van der Waals surface area contributed by atoms with E-state index in [9.17, 15) is 9.59 Å². The molecule has 2 N–H and O–H groups in total. The van der Waals surface area contributed by atoms with Gasteiger partial charge in [0, 0.05) is 13.7 Å². The normalized spacial score (nSPS) is 18.3. The fraction of sp³-hybridized carbons (Fsp3) is 0.833. The smallest absolute Gasteiger partial charge is 0.329 e. The first-order valence-corrected chi connectivity index (χ1v) is 6.24. The van der Waals surface area contributed by atoms with Crippen LogP contribution >= 0.6 is 0 Å². The Kier molecular flexibility index (Phi) is 6.07. The van der Waals surface area contributed by atoms with Gasteiger partial charge in [0.2, 0.25) is 0 Å². The predicted molar refractivity (Wildman–Crippen MR) is 64.3 cm³/mol. The third-order valence-corrected chi connectivity index (χ3v) is 3.22. The molecule has 1 saturated carbocycles. The van der Waals surface area contributed by atoms with Gasteiger partial charge in [-0.05, 0) is 12.8 Å². The number of carbonyl (C=O) groups excluding carboxylic acids is 1. The molecule has 0 saturated heterocycles. The molecule has 1 aliphatic carbocycles. The highest BCUT2D eigenvalue weighted by Crippen LogP contribution is 2.31. The van der Waals surface area contributed by atoms with Gasteiger partial charge in [-0.25, -0.2) is 4.79 Å². The summed E-state index contributed by atoms with van der Waals surface area (Å²) in [6.07, 6.45) is 4.62. The highest BCUT2D eigenvalue weighted by molar-refractivity contribution is 5.85. The van der Waals surface area contributed by atoms with Crippen LogP contribution in [0.25, 0.3) is 0 Å². The Morgan fingerprint density at radius 3 is 2.50 bits per heavy atom. The van der Waals surface area contributed by atoms with Crippen LogP contribution in [0, 0.1) is 0 Å². The number of ether oxygens (including phenoxy) is 2. The summed E-state index contributed by atoms with van der Waals surface area (Å²) in [5, 5.41) is 11.1. The monoisotopic (exact) mass is 259 g/mol. The van der Waals surface area contributed by atoms with Crippen molar-refractivity contribution in [3.8, 4) is 0 Å². The van der Waals surface area contributed by atoms with Crippen LogP contribution in [-0.2, 0) is 19.1 Å². The zero-order chi connectivity index (χ0) is 13.4. The fourth-order valence-corrected chi connectivity index (χ4v) is 2.20. The Hall–Kier alpha value is -1.14. The molecule has 18 heavy (non-hydrogen) atoms. The molecule has 1 rings (SSSR count). The summed E-state index contributed by atoms with van der Waals surface area (Å²) in [6.45, 7) is 0.153. The minimum absolute atomic E-state index is 0.122. The number of carboxylic acids is 1. The van der Waals surface area contributed by atoms with Crippen LogP contribution in [0.4, 0.5) is 0 Å². The van der Waals surface area contributed by atoms with Crippen molar-refractivity contribution in [2.24, 2.45) is 0 Å². The van der Waals surface area contributed by atoms with Crippen molar-refractivity contribution in [3.63, 3.8) is 0 Å². The van der Waals surface area contributed by atoms with Crippen molar-refractivity contribution in [1.82, 2.24) is 5.32 Å². The van der Waals surface area contributed by atoms with Gasteiger partial charge < -0.3 is 19.9 Å². The first-order chi connectivity index (χ1) is 8.60. The molecule has 6 nitrogen and oxygen atoms in total. The summed E-state index contributed by atoms with van der Waals surface area (Å²) in [5.41, 5.74) is -0.703. The van der Waals surface area contributed by atoms with Gasteiger partial charge in [-0.3, -0.25) is 4.79 Å². The second kappa shape index (κ2) is 7.33. The van der Waals surface area contributed by atoms with Crippen LogP contribution in [-0.4, -0.2) is 49.5 Å². The Labute approximate surface area is 107 Å². The highest BCUT2D eigenvalue weighted by atomic mass is 16.5. The van der Waals surface area contributed by atoms with E-state index in [4.69, 9.17) is 14.6 Å². The van der Waals surface area contributed by atoms with E-state index in [-0.39, 0.29) is 19.1 Å². The number of nitrogens with one attached hydrogen (secondary N) is 1. The molecule has 0 bridgehead atoms. The van der Waals surface area contributed by atoms with Gasteiger partial charge in [-0.1, -0.05) is 19.3 Å². The number of amides is 1. The molecule has 1 aliphatic rings. The molecule has 0 heterocycles. The van der Waals surface area contributed by atoms with Crippen LogP contribution in [0.3, 0.4) is 0 Å². The lowest BCUT2D eigenvalue weighted by molar-refractivity contribution is -0.147. The summed E-state index contributed by atoms with van der Waals surface area (Å²) in [6, 6.07) is 0. The molecule has 0 atom stereocenters. The molecule has 0 aliphatic heterocycles. The van der Waals surface area contributed by atoms with Crippen LogP contribution in [0.15, 0.2) is 0 Å². The summed E-state index contributed by atoms with van der Waals surface area (Å²) in [5.74, 6) is -1.13. The highest BCUT2D eigenvalue weighted by Gasteiger charge is 2.39. The molecule has 0 aromatic rings. The lowest BCUT2D eigenvalue weighted by atomic mass is 9.84. The van der Waals surface area contributed by atoms with Gasteiger partial charge in [0.25, 0.3) is 5.91 Å². The van der Waals surface area contributed by atoms with Gasteiger partial charge in [-0.15, -0.1) is 0 Å². The van der Waals surface area contributed by atoms with Crippen LogP contribution in [0.1, 0.15) is 32.1 Å². The Morgan fingerprint density at radius 2 is 1.94 bits per heavy atom. The number of hydrogen-bond acceptors (Lipinski definition) is 4. The number of methoxy groups -OCH3 is 1. The second-order valence-electron chi connectivity index (χ2n) is 4.46. The lowest BCUT2D eigenvalue weighted by Gasteiger charge is -2.34. The molecular weight excluding hydrogens is 238 g/mol. The zero-order valence-corrected chi connectivity index (χ0v) is 10.7. The third-order valence-electron chi connectivity index (χ3n) is 3.22. The van der Waals surface area contributed by atoms with E-state index in [0.29, 0.717) is 6.54 Å². The zero-order valence-electron chi connectivity index (χ0n) is 10.7. The van der Waals surface area contributed by atoms with Crippen molar-refractivity contribution in [3.05, 3.63) is 0 Å². The Morgan fingerprint density at radius 1 is 1.28 bits per heavy atom. The summed E-state index contributed by atoms with van der Waals surface area (Å²) in [7, 11) is 1.56. The van der Waals surface area contributed by atoms with Crippen LogP contribution in [0.2, 0.25) is 0 Å². The molecule has 104 valence electrons. The maximum Gasteiger partial charge on any atom is 0.329 e. The lowest BCUT2D eigenvalue weighted by Crippen LogP contribution is -2.50. The summed E-state index contributed by atoms with van der Waals surface area (Å²) in [4.78, 5) is 22.2. The molecule has 1 amide bonds. The number of aliphatic carboxylic acids is 1.